The SMILES string of the molecule is CCc1ccc(NC(=O)Cn2c(N3CCN(c4ccccc4)CC3)nc(C)cc2=O)cc1. The molecule has 0 radical (unpaired) electrons. The highest BCUT2D eigenvalue weighted by molar-refractivity contribution is 5.90. The number of aromatic nitrogens is 2. The summed E-state index contributed by atoms with van der Waals surface area (Å²) in [6.45, 7) is 6.93. The Morgan fingerprint density at radius 2 is 1.62 bits per heavy atom. The molecule has 2 heterocycles. The van der Waals surface area contributed by atoms with Crippen LogP contribution in [0.15, 0.2) is 65.5 Å². The molecule has 1 aliphatic heterocycles. The summed E-state index contributed by atoms with van der Waals surface area (Å²) in [6, 6.07) is 19.5. The zero-order valence-corrected chi connectivity index (χ0v) is 18.6. The van der Waals surface area contributed by atoms with Crippen molar-refractivity contribution < 1.29 is 4.79 Å². The van der Waals surface area contributed by atoms with Crippen molar-refractivity contribution in [1.29, 1.82) is 0 Å². The number of anilines is 3. The van der Waals surface area contributed by atoms with Crippen molar-refractivity contribution in [2.24, 2.45) is 0 Å². The molecule has 0 unspecified atom stereocenters. The monoisotopic (exact) mass is 431 g/mol. The number of nitrogens with zero attached hydrogens (tertiary/aromatic N) is 4. The lowest BCUT2D eigenvalue weighted by molar-refractivity contribution is -0.116. The maximum Gasteiger partial charge on any atom is 0.255 e. The van der Waals surface area contributed by atoms with E-state index in [2.05, 4.69) is 39.2 Å². The van der Waals surface area contributed by atoms with E-state index in [4.69, 9.17) is 0 Å². The molecule has 2 aromatic carbocycles. The molecular formula is C25H29N5O2. The Hall–Kier alpha value is -3.61. The zero-order valence-electron chi connectivity index (χ0n) is 18.6. The number of aryl methyl sites for hydroxylation is 2. The molecule has 1 aliphatic rings. The Labute approximate surface area is 188 Å². The van der Waals surface area contributed by atoms with Crippen LogP contribution in [0.25, 0.3) is 0 Å². The van der Waals surface area contributed by atoms with Crippen LogP contribution in [-0.4, -0.2) is 41.6 Å². The Morgan fingerprint density at radius 1 is 0.969 bits per heavy atom. The van der Waals surface area contributed by atoms with Gasteiger partial charge >= 0.3 is 0 Å². The lowest BCUT2D eigenvalue weighted by atomic mass is 10.1. The van der Waals surface area contributed by atoms with Crippen LogP contribution < -0.4 is 20.7 Å². The summed E-state index contributed by atoms with van der Waals surface area (Å²) in [5.74, 6) is 0.311. The van der Waals surface area contributed by atoms with Gasteiger partial charge in [-0.25, -0.2) is 4.98 Å². The van der Waals surface area contributed by atoms with Gasteiger partial charge in [-0.3, -0.25) is 14.2 Å². The molecule has 0 spiro atoms. The van der Waals surface area contributed by atoms with E-state index in [0.29, 0.717) is 11.6 Å². The van der Waals surface area contributed by atoms with Crippen LogP contribution in [-0.2, 0) is 17.8 Å². The highest BCUT2D eigenvalue weighted by Gasteiger charge is 2.22. The summed E-state index contributed by atoms with van der Waals surface area (Å²) < 4.78 is 1.47. The van der Waals surface area contributed by atoms with E-state index in [1.165, 1.54) is 21.9 Å². The molecule has 7 heteroatoms. The van der Waals surface area contributed by atoms with Gasteiger partial charge < -0.3 is 15.1 Å². The highest BCUT2D eigenvalue weighted by atomic mass is 16.2. The maximum atomic E-state index is 12.8. The van der Waals surface area contributed by atoms with Gasteiger partial charge in [-0.05, 0) is 43.2 Å². The standard InChI is InChI=1S/C25H29N5O2/c1-3-20-9-11-21(12-10-20)27-23(31)18-30-24(32)17-19(2)26-25(30)29-15-13-28(14-16-29)22-7-5-4-6-8-22/h4-12,17H,3,13-16,18H2,1-2H3,(H,27,31). The minimum absolute atomic E-state index is 0.0735. The predicted octanol–water partition coefficient (Wildman–Crippen LogP) is 3.08. The van der Waals surface area contributed by atoms with Crippen LogP contribution in [0.2, 0.25) is 0 Å². The molecule has 7 nitrogen and oxygen atoms in total. The van der Waals surface area contributed by atoms with Crippen LogP contribution in [0.4, 0.5) is 17.3 Å². The molecule has 3 aromatic rings. The number of carbonyl (C=O) groups excluding carboxylic acids is 1. The number of amides is 1. The summed E-state index contributed by atoms with van der Waals surface area (Å²) in [5.41, 5.74) is 3.56. The second-order valence-electron chi connectivity index (χ2n) is 8.03. The predicted molar refractivity (Wildman–Crippen MR) is 129 cm³/mol. The summed E-state index contributed by atoms with van der Waals surface area (Å²) in [6.07, 6.45) is 0.944. The van der Waals surface area contributed by atoms with Gasteiger partial charge in [0.05, 0.1) is 0 Å². The molecule has 0 aliphatic carbocycles. The van der Waals surface area contributed by atoms with Gasteiger partial charge in [0.25, 0.3) is 5.56 Å². The van der Waals surface area contributed by atoms with Crippen molar-refractivity contribution >= 4 is 23.2 Å². The van der Waals surface area contributed by atoms with E-state index >= 15 is 0 Å². The molecule has 166 valence electrons. The van der Waals surface area contributed by atoms with Gasteiger partial charge in [-0.2, -0.15) is 0 Å². The van der Waals surface area contributed by atoms with E-state index in [0.717, 1.165) is 38.3 Å². The van der Waals surface area contributed by atoms with Crippen molar-refractivity contribution in [3.8, 4) is 0 Å². The first kappa shape index (κ1) is 21.6. The van der Waals surface area contributed by atoms with Crippen LogP contribution in [0, 0.1) is 6.92 Å². The molecule has 1 saturated heterocycles. The summed E-state index contributed by atoms with van der Waals surface area (Å²) in [7, 11) is 0. The Morgan fingerprint density at radius 3 is 2.28 bits per heavy atom. The fraction of sp³-hybridized carbons (Fsp3) is 0.320. The molecule has 32 heavy (non-hydrogen) atoms. The molecule has 0 saturated carbocycles. The van der Waals surface area contributed by atoms with E-state index in [-0.39, 0.29) is 18.0 Å². The minimum atomic E-state index is -0.244. The van der Waals surface area contributed by atoms with Crippen molar-refractivity contribution in [2.75, 3.05) is 41.3 Å². The van der Waals surface area contributed by atoms with Crippen molar-refractivity contribution in [3.63, 3.8) is 0 Å². The third-order valence-electron chi connectivity index (χ3n) is 5.75. The molecule has 4 rings (SSSR count). The van der Waals surface area contributed by atoms with Crippen molar-refractivity contribution in [2.45, 2.75) is 26.8 Å². The third-order valence-corrected chi connectivity index (χ3v) is 5.75. The smallest absolute Gasteiger partial charge is 0.255 e. The molecule has 0 atom stereocenters. The van der Waals surface area contributed by atoms with Gasteiger partial charge in [0, 0.05) is 49.3 Å². The molecular weight excluding hydrogens is 402 g/mol. The lowest BCUT2D eigenvalue weighted by Crippen LogP contribution is -2.48. The van der Waals surface area contributed by atoms with Gasteiger partial charge in [0.1, 0.15) is 6.54 Å². The molecule has 1 aromatic heterocycles. The Kier molecular flexibility index (Phi) is 6.54. The van der Waals surface area contributed by atoms with Crippen LogP contribution >= 0.6 is 0 Å². The van der Waals surface area contributed by atoms with E-state index in [9.17, 15) is 9.59 Å². The number of nitrogens with one attached hydrogen (secondary N) is 1. The fourth-order valence-electron chi connectivity index (χ4n) is 3.97. The maximum absolute atomic E-state index is 12.8. The van der Waals surface area contributed by atoms with Gasteiger partial charge in [-0.15, -0.1) is 0 Å². The fourth-order valence-corrected chi connectivity index (χ4v) is 3.97. The average Bonchev–Trinajstić information content (AvgIpc) is 2.82. The second kappa shape index (κ2) is 9.68. The van der Waals surface area contributed by atoms with Crippen molar-refractivity contribution in [3.05, 3.63) is 82.3 Å². The number of piperazine rings is 1. The van der Waals surface area contributed by atoms with Crippen LogP contribution in [0.3, 0.4) is 0 Å². The number of para-hydroxylation sites is 1. The number of hydrogen-bond acceptors (Lipinski definition) is 5. The first-order valence-electron chi connectivity index (χ1n) is 11.1. The number of hydrogen-bond donors (Lipinski definition) is 1. The quantitative estimate of drug-likeness (QED) is 0.650. The van der Waals surface area contributed by atoms with Crippen LogP contribution in [0.1, 0.15) is 18.2 Å². The zero-order chi connectivity index (χ0) is 22.5. The molecule has 1 amide bonds. The normalized spacial score (nSPS) is 13.8. The highest BCUT2D eigenvalue weighted by Crippen LogP contribution is 2.19. The Balaban J connectivity index is 1.48. The molecule has 0 bridgehead atoms. The van der Waals surface area contributed by atoms with Gasteiger partial charge in [-0.1, -0.05) is 37.3 Å². The van der Waals surface area contributed by atoms with Crippen LogP contribution in [0.5, 0.6) is 0 Å². The average molecular weight is 432 g/mol. The topological polar surface area (TPSA) is 70.5 Å². The Bertz CT molecular complexity index is 1120. The lowest BCUT2D eigenvalue weighted by Gasteiger charge is -2.37. The molecule has 1 fully saturated rings. The van der Waals surface area contributed by atoms with E-state index in [1.807, 2.05) is 49.4 Å². The van der Waals surface area contributed by atoms with Gasteiger partial charge in [0.2, 0.25) is 11.9 Å². The first-order valence-corrected chi connectivity index (χ1v) is 11.1. The number of benzene rings is 2. The van der Waals surface area contributed by atoms with Gasteiger partial charge in [0.15, 0.2) is 0 Å². The summed E-state index contributed by atoms with van der Waals surface area (Å²) in [5, 5.41) is 2.89. The summed E-state index contributed by atoms with van der Waals surface area (Å²) >= 11 is 0. The minimum Gasteiger partial charge on any atom is -0.368 e. The van der Waals surface area contributed by atoms with Crippen molar-refractivity contribution in [1.82, 2.24) is 9.55 Å². The number of rotatable bonds is 6. The number of carbonyl (C=O) groups is 1. The van der Waals surface area contributed by atoms with E-state index < -0.39 is 0 Å². The first-order chi connectivity index (χ1) is 15.5. The van der Waals surface area contributed by atoms with E-state index in [1.54, 1.807) is 0 Å². The third kappa shape index (κ3) is 4.99. The summed E-state index contributed by atoms with van der Waals surface area (Å²) in [4.78, 5) is 34.5. The second-order valence-corrected chi connectivity index (χ2v) is 8.03. The largest absolute Gasteiger partial charge is 0.368 e. The molecule has 1 N–H and O–H groups in total.